The molecule has 1 atom stereocenters. The van der Waals surface area contributed by atoms with Crippen molar-refractivity contribution >= 4 is 22.8 Å². The van der Waals surface area contributed by atoms with Crippen LogP contribution < -0.4 is 0 Å². The van der Waals surface area contributed by atoms with Crippen LogP contribution in [0.25, 0.3) is 10.9 Å². The number of hydrogen-bond donors (Lipinski definition) is 2. The zero-order valence-corrected chi connectivity index (χ0v) is 11.7. The third-order valence-electron chi connectivity index (χ3n) is 3.74. The van der Waals surface area contributed by atoms with E-state index < -0.39 is 17.8 Å². The number of amides is 1. The van der Waals surface area contributed by atoms with E-state index in [1.807, 2.05) is 0 Å². The average molecular weight is 306 g/mol. The molecule has 2 heterocycles. The predicted octanol–water partition coefficient (Wildman–Crippen LogP) is 1.62. The number of carboxylic acid groups (broad SMARTS) is 1. The zero-order chi connectivity index (χ0) is 15.7. The lowest BCUT2D eigenvalue weighted by atomic mass is 10.1. The molecule has 1 aromatic heterocycles. The fourth-order valence-electron chi connectivity index (χ4n) is 2.68. The molecule has 0 spiro atoms. The summed E-state index contributed by atoms with van der Waals surface area (Å²) in [7, 11) is 0. The number of rotatable bonds is 3. The number of fused-ring (bicyclic) bond motifs is 1. The first kappa shape index (κ1) is 14.5. The maximum atomic E-state index is 13.7. The van der Waals surface area contributed by atoms with Gasteiger partial charge in [-0.15, -0.1) is 0 Å². The zero-order valence-electron chi connectivity index (χ0n) is 11.7. The molecule has 2 N–H and O–H groups in total. The average Bonchev–Trinajstić information content (AvgIpc) is 2.92. The summed E-state index contributed by atoms with van der Waals surface area (Å²) in [5, 5.41) is 9.28. The minimum Gasteiger partial charge on any atom is -0.481 e. The minimum absolute atomic E-state index is 0.180. The summed E-state index contributed by atoms with van der Waals surface area (Å²) in [6, 6.07) is 5.51. The number of ether oxygens (including phenoxy) is 1. The van der Waals surface area contributed by atoms with Crippen molar-refractivity contribution in [2.75, 3.05) is 19.8 Å². The third kappa shape index (κ3) is 2.67. The van der Waals surface area contributed by atoms with E-state index in [-0.39, 0.29) is 24.6 Å². The molecular formula is C15H15FN2O4. The Hall–Kier alpha value is -2.41. The van der Waals surface area contributed by atoms with Crippen LogP contribution in [-0.2, 0) is 9.53 Å². The van der Waals surface area contributed by atoms with Gasteiger partial charge in [-0.05, 0) is 18.2 Å². The number of carboxylic acids is 1. The molecule has 1 aliphatic rings. The number of nitrogens with one attached hydrogen (secondary N) is 1. The summed E-state index contributed by atoms with van der Waals surface area (Å²) in [4.78, 5) is 27.9. The van der Waals surface area contributed by atoms with Crippen LogP contribution in [0.4, 0.5) is 4.39 Å². The summed E-state index contributed by atoms with van der Waals surface area (Å²) in [6.45, 7) is 0.859. The minimum atomic E-state index is -0.990. The van der Waals surface area contributed by atoms with Crippen LogP contribution in [0, 0.1) is 5.82 Å². The molecule has 3 rings (SSSR count). The van der Waals surface area contributed by atoms with Crippen molar-refractivity contribution in [2.45, 2.75) is 12.5 Å². The number of aromatic nitrogens is 1. The predicted molar refractivity (Wildman–Crippen MR) is 76.2 cm³/mol. The maximum absolute atomic E-state index is 13.7. The summed E-state index contributed by atoms with van der Waals surface area (Å²) in [6.07, 6.45) is -0.180. The lowest BCUT2D eigenvalue weighted by Gasteiger charge is -2.34. The molecule has 0 aliphatic carbocycles. The SMILES string of the molecule is O=C(O)C[C@@H]1COCCN1C(=O)c1cc2c(F)cccc2[nH]1. The van der Waals surface area contributed by atoms with Crippen molar-refractivity contribution < 1.29 is 23.8 Å². The van der Waals surface area contributed by atoms with Gasteiger partial charge in [0, 0.05) is 17.4 Å². The highest BCUT2D eigenvalue weighted by Crippen LogP contribution is 2.21. The topological polar surface area (TPSA) is 82.6 Å². The molecule has 7 heteroatoms. The number of H-pyrrole nitrogens is 1. The number of aliphatic carboxylic acids is 1. The number of morpholine rings is 1. The Kier molecular flexibility index (Phi) is 3.81. The molecular weight excluding hydrogens is 291 g/mol. The maximum Gasteiger partial charge on any atom is 0.305 e. The van der Waals surface area contributed by atoms with Gasteiger partial charge in [0.2, 0.25) is 0 Å². The van der Waals surface area contributed by atoms with E-state index in [9.17, 15) is 14.0 Å². The van der Waals surface area contributed by atoms with E-state index in [2.05, 4.69) is 4.98 Å². The van der Waals surface area contributed by atoms with Crippen LogP contribution in [0.2, 0.25) is 0 Å². The van der Waals surface area contributed by atoms with E-state index >= 15 is 0 Å². The van der Waals surface area contributed by atoms with Gasteiger partial charge in [0.1, 0.15) is 11.5 Å². The van der Waals surface area contributed by atoms with Gasteiger partial charge in [-0.2, -0.15) is 0 Å². The van der Waals surface area contributed by atoms with Gasteiger partial charge in [-0.25, -0.2) is 4.39 Å². The van der Waals surface area contributed by atoms with Crippen LogP contribution >= 0.6 is 0 Å². The lowest BCUT2D eigenvalue weighted by molar-refractivity contribution is -0.139. The highest BCUT2D eigenvalue weighted by Gasteiger charge is 2.30. The standard InChI is InChI=1S/C15H15FN2O4/c16-11-2-1-3-12-10(11)7-13(17-12)15(21)18-4-5-22-8-9(18)6-14(19)20/h1-3,7,9,17H,4-6,8H2,(H,19,20)/t9-/m1/s1. The highest BCUT2D eigenvalue weighted by molar-refractivity contribution is 5.98. The number of benzene rings is 1. The van der Waals surface area contributed by atoms with Crippen LogP contribution in [0.3, 0.4) is 0 Å². The second-order valence-electron chi connectivity index (χ2n) is 5.21. The summed E-state index contributed by atoms with van der Waals surface area (Å²) in [5.41, 5.74) is 0.781. The molecule has 1 fully saturated rings. The molecule has 6 nitrogen and oxygen atoms in total. The first-order valence-electron chi connectivity index (χ1n) is 6.94. The number of aromatic amines is 1. The lowest BCUT2D eigenvalue weighted by Crippen LogP contribution is -2.49. The fourth-order valence-corrected chi connectivity index (χ4v) is 2.68. The van der Waals surface area contributed by atoms with Gasteiger partial charge in [0.05, 0.1) is 25.7 Å². The van der Waals surface area contributed by atoms with Gasteiger partial charge in [0.15, 0.2) is 0 Å². The van der Waals surface area contributed by atoms with Gasteiger partial charge in [-0.1, -0.05) is 6.07 Å². The Balaban J connectivity index is 1.89. The smallest absolute Gasteiger partial charge is 0.305 e. The van der Waals surface area contributed by atoms with Crippen molar-refractivity contribution in [2.24, 2.45) is 0 Å². The number of carbonyl (C=O) groups excluding carboxylic acids is 1. The third-order valence-corrected chi connectivity index (χ3v) is 3.74. The van der Waals surface area contributed by atoms with E-state index in [0.29, 0.717) is 24.1 Å². The second kappa shape index (κ2) is 5.76. The molecule has 1 amide bonds. The Labute approximate surface area is 125 Å². The largest absolute Gasteiger partial charge is 0.481 e. The van der Waals surface area contributed by atoms with Crippen LogP contribution in [0.15, 0.2) is 24.3 Å². The van der Waals surface area contributed by atoms with Crippen LogP contribution in [-0.4, -0.2) is 52.7 Å². The van der Waals surface area contributed by atoms with E-state index in [1.165, 1.54) is 17.0 Å². The molecule has 0 unspecified atom stereocenters. The molecule has 0 bridgehead atoms. The Bertz CT molecular complexity index is 727. The molecule has 22 heavy (non-hydrogen) atoms. The van der Waals surface area contributed by atoms with Gasteiger partial charge < -0.3 is 19.7 Å². The Morgan fingerprint density at radius 1 is 1.45 bits per heavy atom. The van der Waals surface area contributed by atoms with Crippen LogP contribution in [0.1, 0.15) is 16.9 Å². The monoisotopic (exact) mass is 306 g/mol. The molecule has 1 aliphatic heterocycles. The molecule has 1 aromatic carbocycles. The quantitative estimate of drug-likeness (QED) is 0.903. The van der Waals surface area contributed by atoms with E-state index in [4.69, 9.17) is 9.84 Å². The molecule has 0 saturated carbocycles. The van der Waals surface area contributed by atoms with E-state index in [0.717, 1.165) is 0 Å². The van der Waals surface area contributed by atoms with Crippen molar-refractivity contribution in [3.05, 3.63) is 35.8 Å². The van der Waals surface area contributed by atoms with Crippen LogP contribution in [0.5, 0.6) is 0 Å². The first-order chi connectivity index (χ1) is 10.6. The summed E-state index contributed by atoms with van der Waals surface area (Å²) < 4.78 is 19.0. The van der Waals surface area contributed by atoms with Crippen molar-refractivity contribution in [1.82, 2.24) is 9.88 Å². The van der Waals surface area contributed by atoms with E-state index in [1.54, 1.807) is 12.1 Å². The first-order valence-corrected chi connectivity index (χ1v) is 6.94. The Morgan fingerprint density at radius 2 is 2.27 bits per heavy atom. The fraction of sp³-hybridized carbons (Fsp3) is 0.333. The number of hydrogen-bond acceptors (Lipinski definition) is 3. The van der Waals surface area contributed by atoms with Crippen molar-refractivity contribution in [3.8, 4) is 0 Å². The normalized spacial score (nSPS) is 18.6. The molecule has 1 saturated heterocycles. The van der Waals surface area contributed by atoms with Gasteiger partial charge in [0.25, 0.3) is 5.91 Å². The number of carbonyl (C=O) groups is 2. The van der Waals surface area contributed by atoms with Gasteiger partial charge in [-0.3, -0.25) is 9.59 Å². The van der Waals surface area contributed by atoms with Gasteiger partial charge >= 0.3 is 5.97 Å². The number of halogens is 1. The second-order valence-corrected chi connectivity index (χ2v) is 5.21. The Morgan fingerprint density at radius 3 is 3.00 bits per heavy atom. The highest BCUT2D eigenvalue weighted by atomic mass is 19.1. The molecule has 0 radical (unpaired) electrons. The van der Waals surface area contributed by atoms with Crippen molar-refractivity contribution in [1.29, 1.82) is 0 Å². The summed E-state index contributed by atoms with van der Waals surface area (Å²) in [5.74, 6) is -1.74. The molecule has 2 aromatic rings. The van der Waals surface area contributed by atoms with Crippen molar-refractivity contribution in [3.63, 3.8) is 0 Å². The molecule has 116 valence electrons. The number of nitrogens with zero attached hydrogens (tertiary/aromatic N) is 1. The summed E-state index contributed by atoms with van der Waals surface area (Å²) >= 11 is 0.